The molecule has 15 heavy (non-hydrogen) atoms. The van der Waals surface area contributed by atoms with Crippen LogP contribution in [-0.4, -0.2) is 12.1 Å². The van der Waals surface area contributed by atoms with Crippen molar-refractivity contribution in [1.82, 2.24) is 0 Å². The van der Waals surface area contributed by atoms with Gasteiger partial charge in [0, 0.05) is 0 Å². The van der Waals surface area contributed by atoms with Crippen LogP contribution < -0.4 is 0 Å². The van der Waals surface area contributed by atoms with Gasteiger partial charge in [0.1, 0.15) is 5.82 Å². The van der Waals surface area contributed by atoms with E-state index in [-0.39, 0.29) is 21.2 Å². The van der Waals surface area contributed by atoms with Gasteiger partial charge in [-0.05, 0) is 41.9 Å². The molecule has 1 aromatic carbocycles. The molecule has 1 rings (SSSR count). The molecule has 0 aromatic heterocycles. The summed E-state index contributed by atoms with van der Waals surface area (Å²) in [7, 11) is 0. The van der Waals surface area contributed by atoms with Crippen LogP contribution in [-0.2, 0) is 4.74 Å². The first-order valence-corrected chi connectivity index (χ1v) is 5.44. The van der Waals surface area contributed by atoms with Crippen molar-refractivity contribution in [3.05, 3.63) is 33.0 Å². The molecule has 2 nitrogen and oxygen atoms in total. The highest BCUT2D eigenvalue weighted by molar-refractivity contribution is 9.10. The normalized spacial score (nSPS) is 10.5. The SMILES string of the molecule is CC(C)OC(=O)c1cc(Br)c(F)cc1Cl. The largest absolute Gasteiger partial charge is 0.459 e. The Kier molecular flexibility index (Phi) is 4.11. The van der Waals surface area contributed by atoms with Gasteiger partial charge < -0.3 is 4.74 Å². The topological polar surface area (TPSA) is 26.3 Å². The van der Waals surface area contributed by atoms with Crippen molar-refractivity contribution in [2.75, 3.05) is 0 Å². The number of hydrogen-bond donors (Lipinski definition) is 0. The maximum atomic E-state index is 13.0. The lowest BCUT2D eigenvalue weighted by Gasteiger charge is -2.09. The standard InChI is InChI=1S/C10H9BrClFO2/c1-5(2)15-10(14)6-3-7(11)9(13)4-8(6)12/h3-5H,1-2H3. The van der Waals surface area contributed by atoms with Gasteiger partial charge in [0.25, 0.3) is 0 Å². The summed E-state index contributed by atoms with van der Waals surface area (Å²) in [4.78, 5) is 11.5. The zero-order chi connectivity index (χ0) is 11.6. The van der Waals surface area contributed by atoms with Crippen LogP contribution in [0.3, 0.4) is 0 Å². The van der Waals surface area contributed by atoms with E-state index in [0.29, 0.717) is 0 Å². The van der Waals surface area contributed by atoms with Crippen LogP contribution >= 0.6 is 27.5 Å². The monoisotopic (exact) mass is 294 g/mol. The van der Waals surface area contributed by atoms with Crippen molar-refractivity contribution >= 4 is 33.5 Å². The summed E-state index contributed by atoms with van der Waals surface area (Å²) in [6.07, 6.45) is -0.239. The van der Waals surface area contributed by atoms with Gasteiger partial charge in [0.2, 0.25) is 0 Å². The Morgan fingerprint density at radius 3 is 2.67 bits per heavy atom. The molecule has 0 fully saturated rings. The van der Waals surface area contributed by atoms with E-state index in [4.69, 9.17) is 16.3 Å². The van der Waals surface area contributed by atoms with Crippen molar-refractivity contribution < 1.29 is 13.9 Å². The number of esters is 1. The van der Waals surface area contributed by atoms with Crippen molar-refractivity contribution in [3.8, 4) is 0 Å². The molecule has 0 heterocycles. The highest BCUT2D eigenvalue weighted by Gasteiger charge is 2.16. The fourth-order valence-electron chi connectivity index (χ4n) is 0.957. The van der Waals surface area contributed by atoms with Gasteiger partial charge >= 0.3 is 5.97 Å². The molecule has 0 atom stereocenters. The quantitative estimate of drug-likeness (QED) is 0.612. The molecule has 0 saturated carbocycles. The number of halogens is 3. The molecule has 0 saturated heterocycles. The Morgan fingerprint density at radius 1 is 1.53 bits per heavy atom. The van der Waals surface area contributed by atoms with Crippen molar-refractivity contribution in [2.24, 2.45) is 0 Å². The molecule has 0 radical (unpaired) electrons. The van der Waals surface area contributed by atoms with Crippen LogP contribution in [0.1, 0.15) is 24.2 Å². The summed E-state index contributed by atoms with van der Waals surface area (Å²) in [5.41, 5.74) is 0.152. The van der Waals surface area contributed by atoms with E-state index in [0.717, 1.165) is 6.07 Å². The van der Waals surface area contributed by atoms with E-state index in [9.17, 15) is 9.18 Å². The Morgan fingerprint density at radius 2 is 2.13 bits per heavy atom. The van der Waals surface area contributed by atoms with Gasteiger partial charge in [-0.2, -0.15) is 0 Å². The fourth-order valence-corrected chi connectivity index (χ4v) is 1.53. The number of carbonyl (C=O) groups is 1. The predicted octanol–water partition coefficient (Wildman–Crippen LogP) is 3.81. The highest BCUT2D eigenvalue weighted by atomic mass is 79.9. The third-order valence-corrected chi connectivity index (χ3v) is 2.49. The second-order valence-electron chi connectivity index (χ2n) is 3.20. The Labute approximate surface area is 101 Å². The summed E-state index contributed by atoms with van der Waals surface area (Å²) in [6, 6.07) is 2.38. The van der Waals surface area contributed by atoms with E-state index >= 15 is 0 Å². The summed E-state index contributed by atoms with van der Waals surface area (Å²) >= 11 is 8.69. The molecule has 0 aliphatic heterocycles. The van der Waals surface area contributed by atoms with E-state index < -0.39 is 11.8 Å². The maximum Gasteiger partial charge on any atom is 0.339 e. The molecule has 1 aromatic rings. The molecule has 0 spiro atoms. The average molecular weight is 296 g/mol. The van der Waals surface area contributed by atoms with E-state index in [1.54, 1.807) is 13.8 Å². The zero-order valence-electron chi connectivity index (χ0n) is 8.18. The summed E-state index contributed by atoms with van der Waals surface area (Å²) in [6.45, 7) is 3.45. The minimum atomic E-state index is -0.560. The van der Waals surface area contributed by atoms with E-state index in [1.807, 2.05) is 0 Å². The third-order valence-electron chi connectivity index (χ3n) is 1.57. The van der Waals surface area contributed by atoms with Crippen molar-refractivity contribution in [1.29, 1.82) is 0 Å². The summed E-state index contributed by atoms with van der Waals surface area (Å²) < 4.78 is 18.1. The molecule has 0 bridgehead atoms. The lowest BCUT2D eigenvalue weighted by molar-refractivity contribution is 0.0378. The lowest BCUT2D eigenvalue weighted by Crippen LogP contribution is -2.12. The van der Waals surface area contributed by atoms with E-state index in [2.05, 4.69) is 15.9 Å². The third kappa shape index (κ3) is 3.18. The van der Waals surface area contributed by atoms with Crippen molar-refractivity contribution in [2.45, 2.75) is 20.0 Å². The minimum Gasteiger partial charge on any atom is -0.459 e. The smallest absolute Gasteiger partial charge is 0.339 e. The first kappa shape index (κ1) is 12.5. The molecule has 82 valence electrons. The van der Waals surface area contributed by atoms with Gasteiger partial charge in [-0.25, -0.2) is 9.18 Å². The van der Waals surface area contributed by atoms with Crippen molar-refractivity contribution in [3.63, 3.8) is 0 Å². The molecule has 0 unspecified atom stereocenters. The molecule has 5 heteroatoms. The van der Waals surface area contributed by atoms with Gasteiger partial charge in [-0.3, -0.25) is 0 Å². The number of carbonyl (C=O) groups excluding carboxylic acids is 1. The molecule has 0 N–H and O–H groups in total. The summed E-state index contributed by atoms with van der Waals surface area (Å²) in [5.74, 6) is -1.07. The van der Waals surface area contributed by atoms with Crippen LogP contribution in [0.15, 0.2) is 16.6 Å². The van der Waals surface area contributed by atoms with Crippen LogP contribution in [0.4, 0.5) is 4.39 Å². The molecule has 0 aliphatic carbocycles. The lowest BCUT2D eigenvalue weighted by atomic mass is 10.2. The predicted molar refractivity (Wildman–Crippen MR) is 59.7 cm³/mol. The highest BCUT2D eigenvalue weighted by Crippen LogP contribution is 2.25. The van der Waals surface area contributed by atoms with Crippen LogP contribution in [0, 0.1) is 5.82 Å². The number of benzene rings is 1. The Bertz CT molecular complexity index is 393. The number of rotatable bonds is 2. The number of hydrogen-bond acceptors (Lipinski definition) is 2. The van der Waals surface area contributed by atoms with Gasteiger partial charge in [0.05, 0.1) is 21.2 Å². The first-order valence-electron chi connectivity index (χ1n) is 4.27. The first-order chi connectivity index (χ1) is 6.91. The Balaban J connectivity index is 3.04. The molecule has 0 aliphatic rings. The molecular weight excluding hydrogens is 286 g/mol. The second kappa shape index (κ2) is 4.94. The van der Waals surface area contributed by atoms with Gasteiger partial charge in [0.15, 0.2) is 0 Å². The molecule has 0 amide bonds. The van der Waals surface area contributed by atoms with Gasteiger partial charge in [-0.1, -0.05) is 11.6 Å². The van der Waals surface area contributed by atoms with Gasteiger partial charge in [-0.15, -0.1) is 0 Å². The van der Waals surface area contributed by atoms with Crippen LogP contribution in [0.5, 0.6) is 0 Å². The minimum absolute atomic E-state index is 0.0429. The Hall–Kier alpha value is -0.610. The maximum absolute atomic E-state index is 13.0. The van der Waals surface area contributed by atoms with Crippen LogP contribution in [0.25, 0.3) is 0 Å². The number of ether oxygens (including phenoxy) is 1. The molecular formula is C10H9BrClFO2. The second-order valence-corrected chi connectivity index (χ2v) is 4.46. The zero-order valence-corrected chi connectivity index (χ0v) is 10.5. The fraction of sp³-hybridized carbons (Fsp3) is 0.300. The summed E-state index contributed by atoms with van der Waals surface area (Å²) in [5, 5.41) is 0.0429. The van der Waals surface area contributed by atoms with Crippen LogP contribution in [0.2, 0.25) is 5.02 Å². The average Bonchev–Trinajstić information content (AvgIpc) is 2.09. The van der Waals surface area contributed by atoms with E-state index in [1.165, 1.54) is 6.07 Å².